The second kappa shape index (κ2) is 9.59. The van der Waals surface area contributed by atoms with Gasteiger partial charge in [-0.15, -0.1) is 0 Å². The molecule has 11 heteroatoms. The number of hydrogen-bond donors (Lipinski definition) is 0. The highest BCUT2D eigenvalue weighted by Crippen LogP contribution is 2.26. The van der Waals surface area contributed by atoms with Crippen LogP contribution in [0, 0.1) is 5.82 Å². The van der Waals surface area contributed by atoms with Crippen molar-refractivity contribution in [3.63, 3.8) is 0 Å². The fourth-order valence-electron chi connectivity index (χ4n) is 4.22. The van der Waals surface area contributed by atoms with Gasteiger partial charge in [0.2, 0.25) is 10.0 Å². The number of benzene rings is 2. The summed E-state index contributed by atoms with van der Waals surface area (Å²) in [5.74, 6) is 1.07. The molecule has 1 aliphatic heterocycles. The van der Waals surface area contributed by atoms with Crippen LogP contribution in [-0.4, -0.2) is 65.3 Å². The minimum Gasteiger partial charge on any atom is -0.494 e. The number of sulfonamides is 1. The van der Waals surface area contributed by atoms with E-state index in [2.05, 4.69) is 15.1 Å². The molecule has 1 saturated heterocycles. The van der Waals surface area contributed by atoms with Crippen LogP contribution in [0.15, 0.2) is 66.0 Å². The molecular formula is C24H25FN6O3S. The second-order valence-corrected chi connectivity index (χ2v) is 10.1. The maximum Gasteiger partial charge on any atom is 0.243 e. The van der Waals surface area contributed by atoms with E-state index in [1.807, 2.05) is 40.8 Å². The number of rotatable bonds is 7. The molecule has 0 radical (unpaired) electrons. The Bertz CT molecular complexity index is 1430. The van der Waals surface area contributed by atoms with Gasteiger partial charge in [0.1, 0.15) is 23.7 Å². The largest absolute Gasteiger partial charge is 0.494 e. The third kappa shape index (κ3) is 4.69. The summed E-state index contributed by atoms with van der Waals surface area (Å²) < 4.78 is 47.9. The Morgan fingerprint density at radius 3 is 2.54 bits per heavy atom. The van der Waals surface area contributed by atoms with E-state index < -0.39 is 15.8 Å². The molecule has 35 heavy (non-hydrogen) atoms. The highest BCUT2D eigenvalue weighted by molar-refractivity contribution is 7.89. The molecule has 5 rings (SSSR count). The fraction of sp³-hybridized carbons (Fsp3) is 0.292. The first-order chi connectivity index (χ1) is 17.0. The fourth-order valence-corrected chi connectivity index (χ4v) is 5.64. The van der Waals surface area contributed by atoms with Crippen molar-refractivity contribution in [3.05, 3.63) is 72.4 Å². The number of piperazine rings is 1. The van der Waals surface area contributed by atoms with Crippen molar-refractivity contribution < 1.29 is 17.5 Å². The normalized spacial score (nSPS) is 15.0. The molecule has 1 fully saturated rings. The lowest BCUT2D eigenvalue weighted by molar-refractivity contribution is 0.340. The molecule has 0 aliphatic carbocycles. The molecule has 0 atom stereocenters. The van der Waals surface area contributed by atoms with E-state index in [4.69, 9.17) is 4.74 Å². The van der Waals surface area contributed by atoms with Gasteiger partial charge >= 0.3 is 0 Å². The summed E-state index contributed by atoms with van der Waals surface area (Å²) in [4.78, 5) is 11.1. The zero-order chi connectivity index (χ0) is 24.4. The SMILES string of the molecule is CCOc1cccc(Cn2ncc3c(N4CCN(S(=O)(=O)c5ccc(F)cc5)CC4)ncnc32)c1. The number of aromatic nitrogens is 4. The smallest absolute Gasteiger partial charge is 0.243 e. The van der Waals surface area contributed by atoms with E-state index in [1.165, 1.54) is 22.8 Å². The molecule has 0 amide bonds. The van der Waals surface area contributed by atoms with E-state index in [0.717, 1.165) is 34.6 Å². The number of fused-ring (bicyclic) bond motifs is 1. The van der Waals surface area contributed by atoms with E-state index in [9.17, 15) is 12.8 Å². The minimum atomic E-state index is -3.68. The molecule has 0 unspecified atom stereocenters. The average Bonchev–Trinajstić information content (AvgIpc) is 3.28. The van der Waals surface area contributed by atoms with Gasteiger partial charge in [-0.3, -0.25) is 0 Å². The van der Waals surface area contributed by atoms with Crippen LogP contribution in [0.1, 0.15) is 12.5 Å². The molecule has 0 spiro atoms. The van der Waals surface area contributed by atoms with Crippen molar-refractivity contribution in [2.24, 2.45) is 0 Å². The van der Waals surface area contributed by atoms with Crippen LogP contribution in [0.5, 0.6) is 5.75 Å². The molecule has 2 aromatic heterocycles. The van der Waals surface area contributed by atoms with Gasteiger partial charge in [-0.1, -0.05) is 12.1 Å². The van der Waals surface area contributed by atoms with E-state index in [0.29, 0.717) is 45.0 Å². The number of halogens is 1. The van der Waals surface area contributed by atoms with Crippen molar-refractivity contribution >= 4 is 26.9 Å². The number of nitrogens with zero attached hydrogens (tertiary/aromatic N) is 6. The molecule has 1 aliphatic rings. The summed E-state index contributed by atoms with van der Waals surface area (Å²) >= 11 is 0. The molecule has 9 nitrogen and oxygen atoms in total. The summed E-state index contributed by atoms with van der Waals surface area (Å²) in [5, 5.41) is 5.34. The van der Waals surface area contributed by atoms with Gasteiger partial charge < -0.3 is 9.64 Å². The third-order valence-electron chi connectivity index (χ3n) is 5.94. The Morgan fingerprint density at radius 2 is 1.80 bits per heavy atom. The maximum absolute atomic E-state index is 13.2. The molecule has 0 N–H and O–H groups in total. The summed E-state index contributed by atoms with van der Waals surface area (Å²) in [5.41, 5.74) is 1.75. The van der Waals surface area contributed by atoms with E-state index in [1.54, 1.807) is 6.20 Å². The van der Waals surface area contributed by atoms with Gasteiger partial charge in [-0.2, -0.15) is 9.40 Å². The van der Waals surface area contributed by atoms with E-state index >= 15 is 0 Å². The Labute approximate surface area is 202 Å². The summed E-state index contributed by atoms with van der Waals surface area (Å²) in [6.45, 7) is 4.60. The molecule has 0 bridgehead atoms. The van der Waals surface area contributed by atoms with Crippen LogP contribution >= 0.6 is 0 Å². The van der Waals surface area contributed by atoms with Crippen LogP contribution in [0.25, 0.3) is 11.0 Å². The third-order valence-corrected chi connectivity index (χ3v) is 7.86. The Morgan fingerprint density at radius 1 is 1.03 bits per heavy atom. The van der Waals surface area contributed by atoms with Crippen molar-refractivity contribution in [1.29, 1.82) is 0 Å². The molecule has 2 aromatic carbocycles. The van der Waals surface area contributed by atoms with Crippen molar-refractivity contribution in [1.82, 2.24) is 24.1 Å². The van der Waals surface area contributed by atoms with Crippen LogP contribution in [-0.2, 0) is 16.6 Å². The Hall–Kier alpha value is -3.57. The first-order valence-corrected chi connectivity index (χ1v) is 12.8. The quantitative estimate of drug-likeness (QED) is 0.388. The number of ether oxygens (including phenoxy) is 1. The summed E-state index contributed by atoms with van der Waals surface area (Å²) in [6.07, 6.45) is 3.26. The first kappa shape index (κ1) is 23.2. The first-order valence-electron chi connectivity index (χ1n) is 11.3. The second-order valence-electron chi connectivity index (χ2n) is 8.16. The van der Waals surface area contributed by atoms with Crippen molar-refractivity contribution in [3.8, 4) is 5.75 Å². The topological polar surface area (TPSA) is 93.5 Å². The van der Waals surface area contributed by atoms with Crippen LogP contribution in [0.3, 0.4) is 0 Å². The number of anilines is 1. The standard InChI is InChI=1S/C24H25FN6O3S/c1-2-34-20-5-3-4-18(14-20)16-31-24-22(15-28-31)23(26-17-27-24)29-10-12-30(13-11-29)35(32,33)21-8-6-19(25)7-9-21/h3-9,14-15,17H,2,10-13,16H2,1H3. The van der Waals surface area contributed by atoms with Crippen LogP contribution < -0.4 is 9.64 Å². The van der Waals surface area contributed by atoms with Gasteiger partial charge in [0.05, 0.1) is 29.6 Å². The Kier molecular flexibility index (Phi) is 6.35. The molecular weight excluding hydrogens is 471 g/mol. The summed E-state index contributed by atoms with van der Waals surface area (Å²) in [6, 6.07) is 12.8. The lowest BCUT2D eigenvalue weighted by atomic mass is 10.2. The van der Waals surface area contributed by atoms with Gasteiger partial charge in [0, 0.05) is 26.2 Å². The van der Waals surface area contributed by atoms with Gasteiger partial charge in [0.15, 0.2) is 5.65 Å². The zero-order valence-electron chi connectivity index (χ0n) is 19.2. The average molecular weight is 497 g/mol. The molecule has 4 aromatic rings. The molecule has 0 saturated carbocycles. The predicted octanol–water partition coefficient (Wildman–Crippen LogP) is 2.92. The maximum atomic E-state index is 13.2. The number of hydrogen-bond acceptors (Lipinski definition) is 7. The Balaban J connectivity index is 1.33. The predicted molar refractivity (Wildman–Crippen MR) is 129 cm³/mol. The highest BCUT2D eigenvalue weighted by atomic mass is 32.2. The van der Waals surface area contributed by atoms with Crippen molar-refractivity contribution in [2.45, 2.75) is 18.4 Å². The van der Waals surface area contributed by atoms with Gasteiger partial charge in [-0.05, 0) is 48.9 Å². The minimum absolute atomic E-state index is 0.0893. The molecule has 3 heterocycles. The monoisotopic (exact) mass is 496 g/mol. The lowest BCUT2D eigenvalue weighted by Gasteiger charge is -2.34. The molecule has 182 valence electrons. The lowest BCUT2D eigenvalue weighted by Crippen LogP contribution is -2.49. The van der Waals surface area contributed by atoms with Gasteiger partial charge in [0.25, 0.3) is 0 Å². The zero-order valence-corrected chi connectivity index (χ0v) is 20.0. The van der Waals surface area contributed by atoms with Gasteiger partial charge in [-0.25, -0.2) is 27.5 Å². The van der Waals surface area contributed by atoms with E-state index in [-0.39, 0.29) is 4.90 Å². The van der Waals surface area contributed by atoms with Crippen LogP contribution in [0.2, 0.25) is 0 Å². The van der Waals surface area contributed by atoms with Crippen LogP contribution in [0.4, 0.5) is 10.2 Å². The van der Waals surface area contributed by atoms with Crippen molar-refractivity contribution in [2.75, 3.05) is 37.7 Å². The summed E-state index contributed by atoms with van der Waals surface area (Å²) in [7, 11) is -3.68. The highest BCUT2D eigenvalue weighted by Gasteiger charge is 2.29.